The van der Waals surface area contributed by atoms with Crippen LogP contribution in [0.2, 0.25) is 0 Å². The second-order valence-electron chi connectivity index (χ2n) is 4.37. The summed E-state index contributed by atoms with van der Waals surface area (Å²) >= 11 is 0. The lowest BCUT2D eigenvalue weighted by atomic mass is 9.90. The summed E-state index contributed by atoms with van der Waals surface area (Å²) in [5.41, 5.74) is 4.52. The second-order valence-corrected chi connectivity index (χ2v) is 4.37. The van der Waals surface area contributed by atoms with Crippen LogP contribution < -0.4 is 0 Å². The largest absolute Gasteiger partial charge is 0.300 e. The van der Waals surface area contributed by atoms with E-state index in [1.807, 2.05) is 0 Å². The average Bonchev–Trinajstić information content (AvgIpc) is 2.15. The molecule has 1 rings (SSSR count). The summed E-state index contributed by atoms with van der Waals surface area (Å²) in [7, 11) is 0. The van der Waals surface area contributed by atoms with Crippen LogP contribution in [0.4, 0.5) is 0 Å². The zero-order valence-corrected chi connectivity index (χ0v) is 9.52. The highest BCUT2D eigenvalue weighted by atomic mass is 16.1. The summed E-state index contributed by atoms with van der Waals surface area (Å²) in [4.78, 5) is 10.8. The van der Waals surface area contributed by atoms with Gasteiger partial charge in [0.25, 0.3) is 0 Å². The number of allylic oxidation sites excluding steroid dienone is 4. The van der Waals surface area contributed by atoms with Crippen molar-refractivity contribution in [3.8, 4) is 0 Å². The molecular formula is C13H20O. The Labute approximate surface area is 86.9 Å². The lowest BCUT2D eigenvalue weighted by Gasteiger charge is -2.16. The summed E-state index contributed by atoms with van der Waals surface area (Å²) < 4.78 is 0. The molecule has 0 aromatic carbocycles. The van der Waals surface area contributed by atoms with Crippen LogP contribution in [0.15, 0.2) is 22.8 Å². The molecule has 14 heavy (non-hydrogen) atoms. The normalized spacial score (nSPS) is 16.5. The minimum absolute atomic E-state index is 0.305. The molecule has 0 fully saturated rings. The highest BCUT2D eigenvalue weighted by Crippen LogP contribution is 2.27. The van der Waals surface area contributed by atoms with Gasteiger partial charge in [0, 0.05) is 6.42 Å². The van der Waals surface area contributed by atoms with Crippen molar-refractivity contribution in [2.24, 2.45) is 0 Å². The summed E-state index contributed by atoms with van der Waals surface area (Å²) in [6, 6.07) is 0. The molecule has 0 amide bonds. The molecule has 0 aromatic heterocycles. The first-order chi connectivity index (χ1) is 6.59. The highest BCUT2D eigenvalue weighted by molar-refractivity contribution is 5.75. The summed E-state index contributed by atoms with van der Waals surface area (Å²) in [6.45, 7) is 6.04. The van der Waals surface area contributed by atoms with Crippen LogP contribution in [0, 0.1) is 0 Å². The predicted molar refractivity (Wildman–Crippen MR) is 60.2 cm³/mol. The minimum Gasteiger partial charge on any atom is -0.300 e. The lowest BCUT2D eigenvalue weighted by Crippen LogP contribution is -1.99. The number of Topliss-reactive ketones (excluding diaryl/α,β-unsaturated/α-hetero) is 1. The molecule has 0 bridgehead atoms. The van der Waals surface area contributed by atoms with Crippen molar-refractivity contribution in [3.63, 3.8) is 0 Å². The van der Waals surface area contributed by atoms with Gasteiger partial charge in [-0.15, -0.1) is 0 Å². The van der Waals surface area contributed by atoms with Crippen molar-refractivity contribution >= 4 is 5.78 Å². The number of rotatable bonds is 3. The van der Waals surface area contributed by atoms with Crippen molar-refractivity contribution in [2.45, 2.75) is 52.9 Å². The van der Waals surface area contributed by atoms with Crippen molar-refractivity contribution in [2.75, 3.05) is 0 Å². The fourth-order valence-corrected chi connectivity index (χ4v) is 1.80. The number of ketones is 1. The summed E-state index contributed by atoms with van der Waals surface area (Å²) in [5.74, 6) is 0.305. The van der Waals surface area contributed by atoms with Crippen LogP contribution in [0.1, 0.15) is 52.9 Å². The molecular weight excluding hydrogens is 172 g/mol. The number of carbonyl (C=O) groups is 1. The maximum absolute atomic E-state index is 10.8. The van der Waals surface area contributed by atoms with Crippen molar-refractivity contribution in [1.29, 1.82) is 0 Å². The third-order valence-electron chi connectivity index (χ3n) is 2.89. The van der Waals surface area contributed by atoms with Crippen LogP contribution in [0.5, 0.6) is 0 Å². The van der Waals surface area contributed by atoms with E-state index in [1.54, 1.807) is 12.5 Å². The zero-order valence-electron chi connectivity index (χ0n) is 9.52. The number of carbonyl (C=O) groups excluding carboxylic acids is 1. The molecule has 0 saturated heterocycles. The Kier molecular flexibility index (Phi) is 4.12. The quantitative estimate of drug-likeness (QED) is 0.621. The van der Waals surface area contributed by atoms with E-state index < -0.39 is 0 Å². The van der Waals surface area contributed by atoms with E-state index in [9.17, 15) is 4.79 Å². The molecule has 0 heterocycles. The molecule has 0 aliphatic heterocycles. The van der Waals surface area contributed by atoms with E-state index in [1.165, 1.54) is 17.6 Å². The van der Waals surface area contributed by atoms with E-state index in [-0.39, 0.29) is 0 Å². The van der Waals surface area contributed by atoms with Gasteiger partial charge in [0.05, 0.1) is 0 Å². The number of hydrogen-bond acceptors (Lipinski definition) is 1. The fourth-order valence-electron chi connectivity index (χ4n) is 1.80. The van der Waals surface area contributed by atoms with Crippen LogP contribution in [-0.2, 0) is 4.79 Å². The maximum atomic E-state index is 10.8. The van der Waals surface area contributed by atoms with Gasteiger partial charge in [0.2, 0.25) is 0 Å². The van der Waals surface area contributed by atoms with Crippen molar-refractivity contribution < 1.29 is 4.79 Å². The Hall–Kier alpha value is -0.850. The Bertz CT molecular complexity index is 278. The monoisotopic (exact) mass is 192 g/mol. The Morgan fingerprint density at radius 3 is 2.43 bits per heavy atom. The van der Waals surface area contributed by atoms with Crippen LogP contribution in [0.3, 0.4) is 0 Å². The highest BCUT2D eigenvalue weighted by Gasteiger charge is 2.09. The average molecular weight is 192 g/mol. The van der Waals surface area contributed by atoms with E-state index in [0.29, 0.717) is 5.78 Å². The van der Waals surface area contributed by atoms with Crippen molar-refractivity contribution in [1.82, 2.24) is 0 Å². The van der Waals surface area contributed by atoms with Crippen molar-refractivity contribution in [3.05, 3.63) is 22.8 Å². The van der Waals surface area contributed by atoms with Gasteiger partial charge in [-0.25, -0.2) is 0 Å². The molecule has 0 radical (unpaired) electrons. The first-order valence-corrected chi connectivity index (χ1v) is 5.42. The zero-order chi connectivity index (χ0) is 10.6. The van der Waals surface area contributed by atoms with Gasteiger partial charge in [-0.3, -0.25) is 0 Å². The third kappa shape index (κ3) is 3.49. The molecule has 0 spiro atoms. The molecule has 0 N–H and O–H groups in total. The molecule has 78 valence electrons. The first kappa shape index (κ1) is 11.2. The van der Waals surface area contributed by atoms with Gasteiger partial charge in [0.1, 0.15) is 5.78 Å². The van der Waals surface area contributed by atoms with E-state index in [4.69, 9.17) is 0 Å². The fraction of sp³-hybridized carbons (Fsp3) is 0.615. The minimum atomic E-state index is 0.305. The van der Waals surface area contributed by atoms with Gasteiger partial charge < -0.3 is 4.79 Å². The smallest absolute Gasteiger partial charge is 0.130 e. The van der Waals surface area contributed by atoms with Gasteiger partial charge in [-0.1, -0.05) is 22.8 Å². The Morgan fingerprint density at radius 2 is 2.00 bits per heavy atom. The molecule has 0 saturated carbocycles. The van der Waals surface area contributed by atoms with Crippen LogP contribution >= 0.6 is 0 Å². The van der Waals surface area contributed by atoms with Gasteiger partial charge >= 0.3 is 0 Å². The standard InChI is InChI=1S/C13H20O/c1-10(2)13-8-6-12(7-9-13)5-4-11(3)14/h6H,4-5,7-9H2,1-3H3. The molecule has 1 heteroatoms. The van der Waals surface area contributed by atoms with E-state index in [2.05, 4.69) is 19.9 Å². The SMILES string of the molecule is CC(=O)CCC1=CCC(=C(C)C)CC1. The molecule has 0 aromatic rings. The summed E-state index contributed by atoms with van der Waals surface area (Å²) in [6.07, 6.45) is 7.48. The lowest BCUT2D eigenvalue weighted by molar-refractivity contribution is -0.116. The molecule has 1 nitrogen and oxygen atoms in total. The summed E-state index contributed by atoms with van der Waals surface area (Å²) in [5, 5.41) is 0. The van der Waals surface area contributed by atoms with Gasteiger partial charge in [-0.05, 0) is 46.5 Å². The molecule has 1 aliphatic rings. The van der Waals surface area contributed by atoms with E-state index >= 15 is 0 Å². The second kappa shape index (κ2) is 5.14. The molecule has 0 atom stereocenters. The first-order valence-electron chi connectivity index (χ1n) is 5.42. The predicted octanol–water partition coefficient (Wildman–Crippen LogP) is 3.80. The topological polar surface area (TPSA) is 17.1 Å². The Balaban J connectivity index is 2.45. The van der Waals surface area contributed by atoms with E-state index in [0.717, 1.165) is 25.7 Å². The van der Waals surface area contributed by atoms with Crippen LogP contribution in [-0.4, -0.2) is 5.78 Å². The third-order valence-corrected chi connectivity index (χ3v) is 2.89. The number of hydrogen-bond donors (Lipinski definition) is 0. The molecule has 1 aliphatic carbocycles. The molecule has 0 unspecified atom stereocenters. The van der Waals surface area contributed by atoms with Gasteiger partial charge in [-0.2, -0.15) is 0 Å². The Morgan fingerprint density at radius 1 is 1.29 bits per heavy atom. The van der Waals surface area contributed by atoms with Crippen LogP contribution in [0.25, 0.3) is 0 Å². The van der Waals surface area contributed by atoms with Gasteiger partial charge in [0.15, 0.2) is 0 Å². The maximum Gasteiger partial charge on any atom is 0.130 e.